The lowest BCUT2D eigenvalue weighted by Crippen LogP contribution is -2.11. The third-order valence-electron chi connectivity index (χ3n) is 4.21. The summed E-state index contributed by atoms with van der Waals surface area (Å²) in [5.74, 6) is -0.833. The predicted molar refractivity (Wildman–Crippen MR) is 105 cm³/mol. The lowest BCUT2D eigenvalue weighted by atomic mass is 9.99. The number of benzene rings is 2. The molecule has 132 valence electrons. The van der Waals surface area contributed by atoms with Crippen molar-refractivity contribution in [2.75, 3.05) is 11.9 Å². The van der Waals surface area contributed by atoms with Crippen LogP contribution in [0, 0.1) is 0 Å². The van der Waals surface area contributed by atoms with Crippen LogP contribution in [0.15, 0.2) is 66.9 Å². The first-order chi connectivity index (χ1) is 12.6. The zero-order valence-corrected chi connectivity index (χ0v) is 14.8. The fourth-order valence-electron chi connectivity index (χ4n) is 2.99. The fraction of sp³-hybridized carbons (Fsp3) is 0.182. The molecule has 4 nitrogen and oxygen atoms in total. The molecule has 0 fully saturated rings. The van der Waals surface area contributed by atoms with Crippen molar-refractivity contribution in [2.45, 2.75) is 19.8 Å². The number of hydrogen-bond donors (Lipinski definition) is 2. The van der Waals surface area contributed by atoms with E-state index >= 15 is 0 Å². The first-order valence-corrected chi connectivity index (χ1v) is 8.71. The van der Waals surface area contributed by atoms with E-state index in [1.165, 1.54) is 35.2 Å². The molecule has 1 aliphatic rings. The van der Waals surface area contributed by atoms with Crippen LogP contribution in [-0.4, -0.2) is 22.6 Å². The molecule has 3 aromatic rings. The minimum atomic E-state index is -0.833. The van der Waals surface area contributed by atoms with Crippen molar-refractivity contribution < 1.29 is 9.90 Å². The Kier molecular flexibility index (Phi) is 5.64. The van der Waals surface area contributed by atoms with E-state index in [-0.39, 0.29) is 0 Å². The maximum atomic E-state index is 9.00. The highest BCUT2D eigenvalue weighted by atomic mass is 16.4. The molecule has 1 aliphatic heterocycles. The summed E-state index contributed by atoms with van der Waals surface area (Å²) in [5.41, 5.74) is 7.23. The van der Waals surface area contributed by atoms with Crippen molar-refractivity contribution in [2.24, 2.45) is 0 Å². The van der Waals surface area contributed by atoms with Gasteiger partial charge in [-0.3, -0.25) is 9.78 Å². The molecule has 26 heavy (non-hydrogen) atoms. The van der Waals surface area contributed by atoms with Gasteiger partial charge in [0.25, 0.3) is 5.97 Å². The van der Waals surface area contributed by atoms with Gasteiger partial charge < -0.3 is 10.4 Å². The van der Waals surface area contributed by atoms with Crippen LogP contribution in [0.5, 0.6) is 0 Å². The Morgan fingerprint density at radius 2 is 1.73 bits per heavy atom. The summed E-state index contributed by atoms with van der Waals surface area (Å²) in [6.45, 7) is 2.15. The van der Waals surface area contributed by atoms with Crippen molar-refractivity contribution in [1.29, 1.82) is 0 Å². The van der Waals surface area contributed by atoms with Crippen LogP contribution in [0.2, 0.25) is 0 Å². The maximum Gasteiger partial charge on any atom is 0.300 e. The van der Waals surface area contributed by atoms with Crippen LogP contribution < -0.4 is 5.32 Å². The molecule has 4 rings (SSSR count). The zero-order valence-electron chi connectivity index (χ0n) is 14.8. The number of aromatic nitrogens is 1. The first kappa shape index (κ1) is 17.7. The van der Waals surface area contributed by atoms with Gasteiger partial charge in [-0.15, -0.1) is 0 Å². The molecule has 1 aromatic heterocycles. The van der Waals surface area contributed by atoms with E-state index in [2.05, 4.69) is 64.9 Å². The Balaban J connectivity index is 0.000000447. The zero-order chi connectivity index (χ0) is 18.4. The molecule has 0 radical (unpaired) electrons. The first-order valence-electron chi connectivity index (χ1n) is 8.71. The van der Waals surface area contributed by atoms with Crippen LogP contribution in [-0.2, 0) is 11.2 Å². The van der Waals surface area contributed by atoms with Gasteiger partial charge in [0.15, 0.2) is 0 Å². The van der Waals surface area contributed by atoms with Crippen molar-refractivity contribution in [1.82, 2.24) is 4.98 Å². The van der Waals surface area contributed by atoms with Gasteiger partial charge in [-0.1, -0.05) is 48.5 Å². The van der Waals surface area contributed by atoms with Crippen molar-refractivity contribution in [3.63, 3.8) is 0 Å². The summed E-state index contributed by atoms with van der Waals surface area (Å²) in [4.78, 5) is 13.6. The second-order valence-corrected chi connectivity index (χ2v) is 6.22. The van der Waals surface area contributed by atoms with Gasteiger partial charge in [0.1, 0.15) is 0 Å². The molecular formula is C22H22N2O2. The summed E-state index contributed by atoms with van der Waals surface area (Å²) in [7, 11) is 0. The highest BCUT2D eigenvalue weighted by Gasteiger charge is 2.10. The van der Waals surface area contributed by atoms with Gasteiger partial charge in [-0.25, -0.2) is 0 Å². The third kappa shape index (κ3) is 4.48. The van der Waals surface area contributed by atoms with Crippen molar-refractivity contribution in [3.05, 3.63) is 72.4 Å². The van der Waals surface area contributed by atoms with Crippen LogP contribution in [0.1, 0.15) is 18.9 Å². The number of rotatable bonds is 2. The third-order valence-corrected chi connectivity index (χ3v) is 4.21. The van der Waals surface area contributed by atoms with Gasteiger partial charge in [-0.2, -0.15) is 0 Å². The molecule has 2 N–H and O–H groups in total. The minimum Gasteiger partial charge on any atom is -0.481 e. The normalized spacial score (nSPS) is 12.2. The van der Waals surface area contributed by atoms with E-state index in [0.717, 1.165) is 24.7 Å². The van der Waals surface area contributed by atoms with E-state index in [9.17, 15) is 0 Å². The molecule has 0 amide bonds. The lowest BCUT2D eigenvalue weighted by Gasteiger charge is -2.18. The standard InChI is InChI=1S/C20H18N2.C2H4O2/c1-2-5-15(6-3-1)18-10-11-19(22-14-18)17-9-8-16-7-4-12-21-20(16)13-17;1-2(3)4/h1-3,5-6,8-11,13-14,21H,4,7,12H2;1H3,(H,3,4). The number of aryl methyl sites for hydroxylation is 1. The number of nitrogens with one attached hydrogen (secondary N) is 1. The van der Waals surface area contributed by atoms with Crippen LogP contribution in [0.3, 0.4) is 0 Å². The number of nitrogens with zero attached hydrogens (tertiary/aromatic N) is 1. The van der Waals surface area contributed by atoms with Gasteiger partial charge >= 0.3 is 0 Å². The molecule has 0 aliphatic carbocycles. The monoisotopic (exact) mass is 346 g/mol. The molecule has 0 unspecified atom stereocenters. The molecule has 0 saturated carbocycles. The largest absolute Gasteiger partial charge is 0.481 e. The predicted octanol–water partition coefficient (Wildman–Crippen LogP) is 4.86. The Morgan fingerprint density at radius 1 is 1.00 bits per heavy atom. The molecule has 0 atom stereocenters. The van der Waals surface area contributed by atoms with E-state index < -0.39 is 5.97 Å². The highest BCUT2D eigenvalue weighted by Crippen LogP contribution is 2.28. The molecule has 0 bridgehead atoms. The number of pyridine rings is 1. The lowest BCUT2D eigenvalue weighted by molar-refractivity contribution is -0.134. The van der Waals surface area contributed by atoms with Crippen LogP contribution >= 0.6 is 0 Å². The van der Waals surface area contributed by atoms with Gasteiger partial charge in [-0.05, 0) is 36.1 Å². The Bertz CT molecular complexity index is 870. The second kappa shape index (κ2) is 8.30. The number of fused-ring (bicyclic) bond motifs is 1. The number of aliphatic carboxylic acids is 1. The fourth-order valence-corrected chi connectivity index (χ4v) is 2.99. The molecule has 0 saturated heterocycles. The Labute approximate surface area is 153 Å². The average Bonchev–Trinajstić information content (AvgIpc) is 2.68. The smallest absolute Gasteiger partial charge is 0.300 e. The van der Waals surface area contributed by atoms with E-state index in [1.807, 2.05) is 12.3 Å². The van der Waals surface area contributed by atoms with E-state index in [4.69, 9.17) is 9.90 Å². The number of hydrogen-bond acceptors (Lipinski definition) is 3. The highest BCUT2D eigenvalue weighted by molar-refractivity contribution is 5.70. The van der Waals surface area contributed by atoms with E-state index in [1.54, 1.807) is 0 Å². The van der Waals surface area contributed by atoms with Crippen molar-refractivity contribution >= 4 is 11.7 Å². The van der Waals surface area contributed by atoms with Crippen LogP contribution in [0.25, 0.3) is 22.4 Å². The molecule has 2 heterocycles. The summed E-state index contributed by atoms with van der Waals surface area (Å²) in [6, 6.07) is 21.2. The van der Waals surface area contributed by atoms with Gasteiger partial charge in [0.05, 0.1) is 5.69 Å². The summed E-state index contributed by atoms with van der Waals surface area (Å²) < 4.78 is 0. The summed E-state index contributed by atoms with van der Waals surface area (Å²) in [6.07, 6.45) is 4.34. The Hall–Kier alpha value is -3.14. The second-order valence-electron chi connectivity index (χ2n) is 6.22. The SMILES string of the molecule is CC(=O)O.c1ccc(-c2ccc(-c3ccc4c(c3)NCCC4)nc2)cc1. The molecule has 2 aromatic carbocycles. The summed E-state index contributed by atoms with van der Waals surface area (Å²) in [5, 5.41) is 10.9. The molecule has 0 spiro atoms. The summed E-state index contributed by atoms with van der Waals surface area (Å²) >= 11 is 0. The average molecular weight is 346 g/mol. The Morgan fingerprint density at radius 3 is 2.42 bits per heavy atom. The van der Waals surface area contributed by atoms with Crippen LogP contribution in [0.4, 0.5) is 5.69 Å². The van der Waals surface area contributed by atoms with E-state index in [0.29, 0.717) is 0 Å². The topological polar surface area (TPSA) is 62.2 Å². The van der Waals surface area contributed by atoms with Gasteiger partial charge in [0.2, 0.25) is 0 Å². The number of carboxylic acids is 1. The molecule has 4 heteroatoms. The minimum absolute atomic E-state index is 0.833. The van der Waals surface area contributed by atoms with Crippen molar-refractivity contribution in [3.8, 4) is 22.4 Å². The maximum absolute atomic E-state index is 9.00. The quantitative estimate of drug-likeness (QED) is 0.695. The van der Waals surface area contributed by atoms with Gasteiger partial charge in [0, 0.05) is 36.5 Å². The molecular weight excluding hydrogens is 324 g/mol. The number of carbonyl (C=O) groups is 1. The number of anilines is 1. The number of carboxylic acid groups (broad SMARTS) is 1.